The van der Waals surface area contributed by atoms with Crippen molar-refractivity contribution in [1.29, 1.82) is 0 Å². The van der Waals surface area contributed by atoms with E-state index in [0.717, 1.165) is 6.42 Å². The average Bonchev–Trinajstić information content (AvgIpc) is 2.86. The van der Waals surface area contributed by atoms with Crippen molar-refractivity contribution in [2.24, 2.45) is 11.8 Å². The number of aliphatic hydroxyl groups is 1. The first-order chi connectivity index (χ1) is 7.03. The van der Waals surface area contributed by atoms with Gasteiger partial charge in [0.15, 0.2) is 5.79 Å². The van der Waals surface area contributed by atoms with Gasteiger partial charge in [-0.05, 0) is 38.5 Å². The first kappa shape index (κ1) is 11.1. The van der Waals surface area contributed by atoms with Gasteiger partial charge in [0.25, 0.3) is 0 Å². The van der Waals surface area contributed by atoms with Gasteiger partial charge < -0.3 is 14.6 Å². The lowest BCUT2D eigenvalue weighted by molar-refractivity contribution is -0.141. The second kappa shape index (κ2) is 3.89. The zero-order valence-electron chi connectivity index (χ0n) is 9.48. The highest BCUT2D eigenvalue weighted by Gasteiger charge is 2.51. The van der Waals surface area contributed by atoms with E-state index in [1.165, 1.54) is 0 Å². The Bertz CT molecular complexity index is 249. The van der Waals surface area contributed by atoms with Gasteiger partial charge in [-0.3, -0.25) is 0 Å². The minimum atomic E-state index is -0.443. The molecule has 2 rings (SSSR count). The smallest absolute Gasteiger partial charge is 0.163 e. The zero-order valence-corrected chi connectivity index (χ0v) is 9.48. The summed E-state index contributed by atoms with van der Waals surface area (Å²) in [7, 11) is 0. The summed E-state index contributed by atoms with van der Waals surface area (Å²) in [4.78, 5) is 0. The van der Waals surface area contributed by atoms with Crippen LogP contribution in [0.15, 0.2) is 12.7 Å². The lowest BCUT2D eigenvalue weighted by Gasteiger charge is -2.17. The highest BCUT2D eigenvalue weighted by atomic mass is 16.7. The van der Waals surface area contributed by atoms with E-state index in [1.54, 1.807) is 6.08 Å². The summed E-state index contributed by atoms with van der Waals surface area (Å²) in [6.07, 6.45) is 3.43. The lowest BCUT2D eigenvalue weighted by Crippen LogP contribution is -2.23. The van der Waals surface area contributed by atoms with Crippen molar-refractivity contribution >= 4 is 0 Å². The summed E-state index contributed by atoms with van der Waals surface area (Å²) in [6.45, 7) is 8.17. The molecule has 1 saturated carbocycles. The van der Waals surface area contributed by atoms with Crippen LogP contribution in [0, 0.1) is 11.8 Å². The topological polar surface area (TPSA) is 38.7 Å². The molecule has 0 aromatic heterocycles. The molecule has 1 aliphatic carbocycles. The maximum Gasteiger partial charge on any atom is 0.163 e. The SMILES string of the molecule is C=CC[C@H](O)[C@@H]1C[C@H]1[C@H]1COC(C)(C)O1. The van der Waals surface area contributed by atoms with Crippen LogP contribution in [0.25, 0.3) is 0 Å². The van der Waals surface area contributed by atoms with E-state index < -0.39 is 5.79 Å². The molecular weight excluding hydrogens is 192 g/mol. The van der Waals surface area contributed by atoms with Crippen LogP contribution in [0.4, 0.5) is 0 Å². The Morgan fingerprint density at radius 1 is 1.60 bits per heavy atom. The molecule has 86 valence electrons. The van der Waals surface area contributed by atoms with Crippen molar-refractivity contribution in [3.8, 4) is 0 Å². The highest BCUT2D eigenvalue weighted by molar-refractivity contribution is 4.99. The molecule has 2 aliphatic rings. The predicted octanol–water partition coefficient (Wildman–Crippen LogP) is 1.71. The Balaban J connectivity index is 1.82. The first-order valence-corrected chi connectivity index (χ1v) is 5.64. The molecule has 1 N–H and O–H groups in total. The molecule has 0 aromatic rings. The Morgan fingerprint density at radius 2 is 2.33 bits per heavy atom. The average molecular weight is 212 g/mol. The fourth-order valence-corrected chi connectivity index (χ4v) is 2.38. The molecular formula is C12H20O3. The molecule has 1 saturated heterocycles. The van der Waals surface area contributed by atoms with Crippen molar-refractivity contribution < 1.29 is 14.6 Å². The molecule has 3 nitrogen and oxygen atoms in total. The van der Waals surface area contributed by atoms with Gasteiger partial charge in [0.1, 0.15) is 0 Å². The van der Waals surface area contributed by atoms with Crippen LogP contribution in [0.5, 0.6) is 0 Å². The predicted molar refractivity (Wildman–Crippen MR) is 57.3 cm³/mol. The first-order valence-electron chi connectivity index (χ1n) is 5.64. The van der Waals surface area contributed by atoms with E-state index in [9.17, 15) is 5.11 Å². The monoisotopic (exact) mass is 212 g/mol. The van der Waals surface area contributed by atoms with Crippen molar-refractivity contribution in [3.05, 3.63) is 12.7 Å². The molecule has 1 aliphatic heterocycles. The summed E-state index contributed by atoms with van der Waals surface area (Å²) in [5.74, 6) is 0.411. The summed E-state index contributed by atoms with van der Waals surface area (Å²) in [5, 5.41) is 9.78. The molecule has 4 atom stereocenters. The molecule has 1 heterocycles. The Morgan fingerprint density at radius 3 is 2.87 bits per heavy atom. The second-order valence-electron chi connectivity index (χ2n) is 5.02. The highest BCUT2D eigenvalue weighted by Crippen LogP contribution is 2.48. The summed E-state index contributed by atoms with van der Waals surface area (Å²) in [5.41, 5.74) is 0. The van der Waals surface area contributed by atoms with Crippen molar-refractivity contribution in [1.82, 2.24) is 0 Å². The minimum absolute atomic E-state index is 0.171. The fourth-order valence-electron chi connectivity index (χ4n) is 2.38. The quantitative estimate of drug-likeness (QED) is 0.721. The van der Waals surface area contributed by atoms with Gasteiger partial charge in [0.05, 0.1) is 18.8 Å². The Labute approximate surface area is 91.1 Å². The molecule has 0 bridgehead atoms. The largest absolute Gasteiger partial charge is 0.393 e. The normalized spacial score (nSPS) is 40.1. The van der Waals surface area contributed by atoms with Gasteiger partial charge in [-0.25, -0.2) is 0 Å². The van der Waals surface area contributed by atoms with Gasteiger partial charge in [0.2, 0.25) is 0 Å². The van der Waals surface area contributed by atoms with E-state index in [0.29, 0.717) is 24.9 Å². The van der Waals surface area contributed by atoms with Gasteiger partial charge >= 0.3 is 0 Å². The number of aliphatic hydroxyl groups excluding tert-OH is 1. The van der Waals surface area contributed by atoms with Crippen LogP contribution in [-0.4, -0.2) is 29.7 Å². The lowest BCUT2D eigenvalue weighted by atomic mass is 10.1. The maximum atomic E-state index is 9.78. The number of hydrogen-bond donors (Lipinski definition) is 1. The third kappa shape index (κ3) is 2.41. The van der Waals surface area contributed by atoms with Crippen molar-refractivity contribution in [2.45, 2.75) is 44.7 Å². The summed E-state index contributed by atoms with van der Waals surface area (Å²) < 4.78 is 11.3. The summed E-state index contributed by atoms with van der Waals surface area (Å²) in [6, 6.07) is 0. The van der Waals surface area contributed by atoms with Crippen molar-refractivity contribution in [3.63, 3.8) is 0 Å². The number of rotatable bonds is 4. The van der Waals surface area contributed by atoms with Crippen LogP contribution in [0.1, 0.15) is 26.7 Å². The van der Waals surface area contributed by atoms with E-state index in [-0.39, 0.29) is 12.2 Å². The summed E-state index contributed by atoms with van der Waals surface area (Å²) >= 11 is 0. The number of hydrogen-bond acceptors (Lipinski definition) is 3. The van der Waals surface area contributed by atoms with Crippen LogP contribution >= 0.6 is 0 Å². The van der Waals surface area contributed by atoms with E-state index in [4.69, 9.17) is 9.47 Å². The molecule has 15 heavy (non-hydrogen) atoms. The molecule has 3 heteroatoms. The van der Waals surface area contributed by atoms with Crippen LogP contribution in [0.2, 0.25) is 0 Å². The van der Waals surface area contributed by atoms with Crippen LogP contribution in [-0.2, 0) is 9.47 Å². The molecule has 0 unspecified atom stereocenters. The third-order valence-electron chi connectivity index (χ3n) is 3.30. The minimum Gasteiger partial charge on any atom is -0.393 e. The second-order valence-corrected chi connectivity index (χ2v) is 5.02. The zero-order chi connectivity index (χ0) is 11.1. The Kier molecular flexibility index (Phi) is 2.88. The van der Waals surface area contributed by atoms with Gasteiger partial charge in [-0.2, -0.15) is 0 Å². The molecule has 0 spiro atoms. The standard InChI is InChI=1S/C12H20O3/c1-4-5-10(13)8-6-9(8)11-7-14-12(2,3)15-11/h4,8-11,13H,1,5-7H2,2-3H3/t8-,9-,10+,11-/m1/s1. The van der Waals surface area contributed by atoms with Gasteiger partial charge in [-0.1, -0.05) is 6.08 Å². The molecule has 2 fully saturated rings. The van der Waals surface area contributed by atoms with Crippen LogP contribution < -0.4 is 0 Å². The van der Waals surface area contributed by atoms with E-state index in [2.05, 4.69) is 6.58 Å². The maximum absolute atomic E-state index is 9.78. The van der Waals surface area contributed by atoms with E-state index >= 15 is 0 Å². The molecule has 0 aromatic carbocycles. The van der Waals surface area contributed by atoms with Crippen LogP contribution in [0.3, 0.4) is 0 Å². The van der Waals surface area contributed by atoms with Crippen molar-refractivity contribution in [2.75, 3.05) is 6.61 Å². The van der Waals surface area contributed by atoms with Gasteiger partial charge in [-0.15, -0.1) is 6.58 Å². The molecule has 0 radical (unpaired) electrons. The number of ether oxygens (including phenoxy) is 2. The van der Waals surface area contributed by atoms with Gasteiger partial charge in [0, 0.05) is 0 Å². The Hall–Kier alpha value is -0.380. The van der Waals surface area contributed by atoms with E-state index in [1.807, 2.05) is 13.8 Å². The molecule has 0 amide bonds. The fraction of sp³-hybridized carbons (Fsp3) is 0.833. The third-order valence-corrected chi connectivity index (χ3v) is 3.30.